The quantitative estimate of drug-likeness (QED) is 0.223. The van der Waals surface area contributed by atoms with Crippen molar-refractivity contribution >= 4 is 41.1 Å². The first-order valence-electron chi connectivity index (χ1n) is 11.6. The lowest BCUT2D eigenvalue weighted by Crippen LogP contribution is -2.44. The van der Waals surface area contributed by atoms with Crippen molar-refractivity contribution in [2.75, 3.05) is 31.3 Å². The maximum atomic E-state index is 13.3. The Morgan fingerprint density at radius 2 is 2.14 bits per heavy atom. The number of ether oxygens (including phenoxy) is 3. The fourth-order valence-corrected chi connectivity index (χ4v) is 7.43. The number of aliphatic hydroxyl groups excluding tert-OH is 1. The largest absolute Gasteiger partial charge is 0.491 e. The third kappa shape index (κ3) is 5.96. The minimum Gasteiger partial charge on any atom is -0.491 e. The van der Waals surface area contributed by atoms with Gasteiger partial charge >= 0.3 is 12.7 Å². The Hall–Kier alpha value is -1.93. The van der Waals surface area contributed by atoms with Gasteiger partial charge in [0, 0.05) is 11.8 Å². The van der Waals surface area contributed by atoms with Crippen LogP contribution >= 0.6 is 18.1 Å². The minimum atomic E-state index is -3.59. The molecule has 202 valence electrons. The molecule has 1 aliphatic heterocycles. The van der Waals surface area contributed by atoms with E-state index in [9.17, 15) is 19.6 Å². The number of hydrogen-bond acceptors (Lipinski definition) is 12. The van der Waals surface area contributed by atoms with Crippen molar-refractivity contribution in [3.8, 4) is 5.75 Å². The van der Waals surface area contributed by atoms with Crippen LogP contribution in [0.15, 0.2) is 12.4 Å². The summed E-state index contributed by atoms with van der Waals surface area (Å²) >= 11 is 0.997. The second-order valence-corrected chi connectivity index (χ2v) is 12.9. The van der Waals surface area contributed by atoms with Crippen molar-refractivity contribution < 1.29 is 38.3 Å². The summed E-state index contributed by atoms with van der Waals surface area (Å²) in [5, 5.41) is 24.7. The molecule has 0 aliphatic carbocycles. The zero-order valence-electron chi connectivity index (χ0n) is 20.9. The van der Waals surface area contributed by atoms with Gasteiger partial charge in [-0.1, -0.05) is 18.3 Å². The number of nitrogen functional groups attached to an aromatic ring is 1. The molecule has 0 amide bonds. The van der Waals surface area contributed by atoms with E-state index >= 15 is 0 Å². The molecule has 2 aromatic heterocycles. The number of aliphatic hydroxyl groups is 2. The molecular formula is C21H34N5O8PS. The van der Waals surface area contributed by atoms with Gasteiger partial charge in [0.05, 0.1) is 26.1 Å². The van der Waals surface area contributed by atoms with Crippen LogP contribution < -0.4 is 15.6 Å². The summed E-state index contributed by atoms with van der Waals surface area (Å²) in [7, 11) is 0. The number of fused-ring (bicyclic) bond motifs is 1. The van der Waals surface area contributed by atoms with Crippen LogP contribution in [0.5, 0.6) is 5.75 Å². The summed E-state index contributed by atoms with van der Waals surface area (Å²) in [6.07, 6.45) is -2.16. The van der Waals surface area contributed by atoms with Gasteiger partial charge in [0.15, 0.2) is 17.6 Å². The second-order valence-electron chi connectivity index (χ2n) is 8.31. The minimum absolute atomic E-state index is 0.185. The van der Waals surface area contributed by atoms with E-state index in [4.69, 9.17) is 24.5 Å². The predicted octanol–water partition coefficient (Wildman–Crippen LogP) is 1.84. The van der Waals surface area contributed by atoms with Crippen molar-refractivity contribution in [3.05, 3.63) is 12.4 Å². The van der Waals surface area contributed by atoms with Crippen LogP contribution in [0.25, 0.3) is 11.2 Å². The van der Waals surface area contributed by atoms with Crippen LogP contribution in [0.1, 0.15) is 40.8 Å². The fraction of sp³-hybridized carbons (Fsp3) is 0.667. The molecule has 36 heavy (non-hydrogen) atoms. The Labute approximate surface area is 213 Å². The zero-order chi connectivity index (χ0) is 26.7. The highest BCUT2D eigenvalue weighted by Crippen LogP contribution is 2.56. The van der Waals surface area contributed by atoms with Gasteiger partial charge in [0.25, 0.3) is 0 Å². The number of nitrogens with zero attached hydrogens (tertiary/aromatic N) is 3. The molecule has 1 unspecified atom stereocenters. The number of pyridine rings is 1. The van der Waals surface area contributed by atoms with Gasteiger partial charge in [-0.25, -0.2) is 15.1 Å². The molecule has 0 bridgehead atoms. The molecule has 3 heterocycles. The van der Waals surface area contributed by atoms with Crippen molar-refractivity contribution in [3.63, 3.8) is 0 Å². The molecule has 0 aromatic carbocycles. The molecule has 0 radical (unpaired) electrons. The van der Waals surface area contributed by atoms with E-state index in [1.54, 1.807) is 19.9 Å². The van der Waals surface area contributed by atoms with E-state index in [1.807, 2.05) is 6.92 Å². The second kappa shape index (κ2) is 11.6. The van der Waals surface area contributed by atoms with E-state index in [1.165, 1.54) is 24.7 Å². The monoisotopic (exact) mass is 547 g/mol. The molecule has 6 atom stereocenters. The van der Waals surface area contributed by atoms with Gasteiger partial charge in [-0.05, 0) is 27.7 Å². The summed E-state index contributed by atoms with van der Waals surface area (Å²) in [6.45, 7) is 4.88. The molecule has 15 heteroatoms. The average Bonchev–Trinajstić information content (AvgIpc) is 3.31. The SMILES string of the molecule is CCOC(=O)[C@H](C)NP(=O)(OC[C@H]1O[C@@H](n2cnc3c(OCC)cc(N)nc32)[C@](C)(O)[C@@H]1O)SCC. The standard InChI is InChI=1S/C21H34N5O8PS/c1-6-31-13-9-15(22)24-18-16(13)23-11-26(18)20-21(5,29)17(27)14(34-20)10-33-35(30,36-8-3)25-12(4)19(28)32-7-2/h9,11-12,14,17,20,27,29H,6-8,10H2,1-5H3,(H2,22,24)(H,25,30)/t12-,14+,17+,20+,21+,35?/m0/s1. The van der Waals surface area contributed by atoms with Crippen LogP contribution in [-0.4, -0.2) is 80.1 Å². The smallest absolute Gasteiger partial charge is 0.327 e. The number of rotatable bonds is 12. The van der Waals surface area contributed by atoms with Crippen molar-refractivity contribution in [2.24, 2.45) is 0 Å². The number of nitrogens with two attached hydrogens (primary N) is 1. The van der Waals surface area contributed by atoms with Crippen molar-refractivity contribution in [2.45, 2.75) is 64.7 Å². The van der Waals surface area contributed by atoms with E-state index in [-0.39, 0.29) is 19.0 Å². The van der Waals surface area contributed by atoms with Gasteiger partial charge in [0.1, 0.15) is 35.2 Å². The van der Waals surface area contributed by atoms with Gasteiger partial charge < -0.3 is 34.7 Å². The maximum absolute atomic E-state index is 13.3. The molecule has 0 saturated carbocycles. The lowest BCUT2D eigenvalue weighted by atomic mass is 9.96. The zero-order valence-corrected chi connectivity index (χ0v) is 22.6. The first kappa shape index (κ1) is 28.6. The first-order valence-corrected chi connectivity index (χ1v) is 14.8. The van der Waals surface area contributed by atoms with Gasteiger partial charge in [-0.15, -0.1) is 0 Å². The summed E-state index contributed by atoms with van der Waals surface area (Å²) in [6, 6.07) is 0.670. The van der Waals surface area contributed by atoms with Gasteiger partial charge in [-0.3, -0.25) is 13.9 Å². The Morgan fingerprint density at radius 3 is 2.78 bits per heavy atom. The number of nitrogens with one attached hydrogen (secondary N) is 1. The average molecular weight is 548 g/mol. The highest BCUT2D eigenvalue weighted by molar-refractivity contribution is 8.56. The Morgan fingerprint density at radius 1 is 1.42 bits per heavy atom. The number of carbonyl (C=O) groups excluding carboxylic acids is 1. The summed E-state index contributed by atoms with van der Waals surface area (Å²) in [4.78, 5) is 20.6. The highest BCUT2D eigenvalue weighted by atomic mass is 32.7. The number of imidazole rings is 1. The third-order valence-electron chi connectivity index (χ3n) is 5.52. The van der Waals surface area contributed by atoms with Crippen LogP contribution in [0.3, 0.4) is 0 Å². The molecule has 5 N–H and O–H groups in total. The summed E-state index contributed by atoms with van der Waals surface area (Å²) < 4.78 is 37.0. The van der Waals surface area contributed by atoms with Crippen molar-refractivity contribution in [1.29, 1.82) is 0 Å². The van der Waals surface area contributed by atoms with Crippen LogP contribution in [-0.2, 0) is 23.4 Å². The summed E-state index contributed by atoms with van der Waals surface area (Å²) in [5.74, 6) is 0.481. The maximum Gasteiger partial charge on any atom is 0.327 e. The fourth-order valence-electron chi connectivity index (χ4n) is 3.82. The number of carbonyl (C=O) groups is 1. The predicted molar refractivity (Wildman–Crippen MR) is 135 cm³/mol. The number of anilines is 1. The molecule has 1 fully saturated rings. The molecule has 1 saturated heterocycles. The Kier molecular flexibility index (Phi) is 9.25. The Bertz CT molecular complexity index is 1120. The normalized spacial score (nSPS) is 26.6. The molecule has 3 rings (SSSR count). The summed E-state index contributed by atoms with van der Waals surface area (Å²) in [5.41, 5.74) is 4.86. The molecule has 1 aliphatic rings. The molecular weight excluding hydrogens is 513 g/mol. The van der Waals surface area contributed by atoms with E-state index in [2.05, 4.69) is 15.1 Å². The van der Waals surface area contributed by atoms with Crippen LogP contribution in [0, 0.1) is 0 Å². The molecule has 0 spiro atoms. The first-order chi connectivity index (χ1) is 17.0. The van der Waals surface area contributed by atoms with Crippen LogP contribution in [0.2, 0.25) is 0 Å². The van der Waals surface area contributed by atoms with E-state index < -0.39 is 42.8 Å². The number of aromatic nitrogens is 3. The van der Waals surface area contributed by atoms with Crippen LogP contribution in [0.4, 0.5) is 5.82 Å². The third-order valence-corrected chi connectivity index (χ3v) is 9.74. The Balaban J connectivity index is 1.81. The highest BCUT2D eigenvalue weighted by Gasteiger charge is 2.54. The van der Waals surface area contributed by atoms with E-state index in [0.29, 0.717) is 29.3 Å². The lowest BCUT2D eigenvalue weighted by molar-refractivity contribution is -0.144. The number of hydrogen-bond donors (Lipinski definition) is 4. The van der Waals surface area contributed by atoms with Gasteiger partial charge in [-0.2, -0.15) is 0 Å². The van der Waals surface area contributed by atoms with Crippen molar-refractivity contribution in [1.82, 2.24) is 19.6 Å². The molecule has 2 aromatic rings. The topological polar surface area (TPSA) is 180 Å². The molecule has 13 nitrogen and oxygen atoms in total. The number of esters is 1. The van der Waals surface area contributed by atoms with E-state index in [0.717, 1.165) is 11.4 Å². The van der Waals surface area contributed by atoms with Gasteiger partial charge in [0.2, 0.25) is 0 Å². The lowest BCUT2D eigenvalue weighted by Gasteiger charge is -2.27.